The first kappa shape index (κ1) is 14.1. The minimum absolute atomic E-state index is 0.0446. The van der Waals surface area contributed by atoms with Crippen LogP contribution >= 0.6 is 0 Å². The Labute approximate surface area is 115 Å². The summed E-state index contributed by atoms with van der Waals surface area (Å²) in [5.74, 6) is 1.42. The van der Waals surface area contributed by atoms with Gasteiger partial charge in [0, 0.05) is 12.1 Å². The van der Waals surface area contributed by atoms with Crippen molar-refractivity contribution >= 4 is 5.91 Å². The number of amides is 1. The number of carbonyl (C=O) groups is 1. The molecule has 1 saturated carbocycles. The first-order valence-electron chi connectivity index (χ1n) is 7.28. The smallest absolute Gasteiger partial charge is 0.251 e. The lowest BCUT2D eigenvalue weighted by Gasteiger charge is -2.16. The molecule has 0 saturated heterocycles. The SMILES string of the molecule is CC1CCCC1CNC(=O)c1ccccc1CCN. The maximum absolute atomic E-state index is 12.3. The van der Waals surface area contributed by atoms with E-state index in [1.54, 1.807) is 0 Å². The molecule has 2 atom stereocenters. The highest BCUT2D eigenvalue weighted by molar-refractivity contribution is 5.95. The molecule has 0 aromatic heterocycles. The monoisotopic (exact) mass is 260 g/mol. The Morgan fingerprint density at radius 1 is 1.37 bits per heavy atom. The molecule has 3 nitrogen and oxygen atoms in total. The van der Waals surface area contributed by atoms with Crippen molar-refractivity contribution in [3.05, 3.63) is 35.4 Å². The number of hydrogen-bond donors (Lipinski definition) is 2. The van der Waals surface area contributed by atoms with Crippen LogP contribution in [0.25, 0.3) is 0 Å². The first-order valence-corrected chi connectivity index (χ1v) is 7.28. The maximum Gasteiger partial charge on any atom is 0.251 e. The van der Waals surface area contributed by atoms with Gasteiger partial charge in [-0.2, -0.15) is 0 Å². The highest BCUT2D eigenvalue weighted by atomic mass is 16.1. The Kier molecular flexibility index (Phi) is 4.97. The zero-order chi connectivity index (χ0) is 13.7. The van der Waals surface area contributed by atoms with Crippen LogP contribution in [0.4, 0.5) is 0 Å². The van der Waals surface area contributed by atoms with E-state index in [0.717, 1.165) is 30.0 Å². The van der Waals surface area contributed by atoms with Crippen molar-refractivity contribution in [2.24, 2.45) is 17.6 Å². The summed E-state index contributed by atoms with van der Waals surface area (Å²) in [4.78, 5) is 12.3. The van der Waals surface area contributed by atoms with E-state index in [-0.39, 0.29) is 5.91 Å². The van der Waals surface area contributed by atoms with Gasteiger partial charge in [-0.05, 0) is 42.9 Å². The second kappa shape index (κ2) is 6.71. The molecule has 19 heavy (non-hydrogen) atoms. The van der Waals surface area contributed by atoms with E-state index in [1.165, 1.54) is 19.3 Å². The average Bonchev–Trinajstić information content (AvgIpc) is 2.82. The maximum atomic E-state index is 12.3. The van der Waals surface area contributed by atoms with Crippen molar-refractivity contribution in [1.82, 2.24) is 5.32 Å². The van der Waals surface area contributed by atoms with Gasteiger partial charge in [-0.15, -0.1) is 0 Å². The third-order valence-electron chi connectivity index (χ3n) is 4.24. The van der Waals surface area contributed by atoms with Crippen LogP contribution in [0.3, 0.4) is 0 Å². The van der Waals surface area contributed by atoms with Gasteiger partial charge in [-0.3, -0.25) is 4.79 Å². The van der Waals surface area contributed by atoms with Crippen LogP contribution in [0.5, 0.6) is 0 Å². The van der Waals surface area contributed by atoms with Gasteiger partial charge in [-0.25, -0.2) is 0 Å². The number of rotatable bonds is 5. The summed E-state index contributed by atoms with van der Waals surface area (Å²) in [7, 11) is 0. The molecule has 104 valence electrons. The standard InChI is InChI=1S/C16H24N2O/c1-12-5-4-7-14(12)11-18-16(19)15-8-3-2-6-13(15)9-10-17/h2-3,6,8,12,14H,4-5,7,9-11,17H2,1H3,(H,18,19). The van der Waals surface area contributed by atoms with Gasteiger partial charge in [0.1, 0.15) is 0 Å². The van der Waals surface area contributed by atoms with Crippen LogP contribution in [0.15, 0.2) is 24.3 Å². The number of nitrogens with one attached hydrogen (secondary N) is 1. The van der Waals surface area contributed by atoms with Crippen LogP contribution in [0, 0.1) is 11.8 Å². The van der Waals surface area contributed by atoms with Crippen LogP contribution in [-0.2, 0) is 6.42 Å². The van der Waals surface area contributed by atoms with Crippen molar-refractivity contribution in [3.8, 4) is 0 Å². The third kappa shape index (κ3) is 3.57. The van der Waals surface area contributed by atoms with E-state index in [9.17, 15) is 4.79 Å². The zero-order valence-electron chi connectivity index (χ0n) is 11.7. The van der Waals surface area contributed by atoms with Gasteiger partial charge in [0.05, 0.1) is 0 Å². The number of nitrogens with two attached hydrogens (primary N) is 1. The zero-order valence-corrected chi connectivity index (χ0v) is 11.7. The van der Waals surface area contributed by atoms with E-state index in [2.05, 4.69) is 12.2 Å². The van der Waals surface area contributed by atoms with Crippen molar-refractivity contribution < 1.29 is 4.79 Å². The molecule has 0 spiro atoms. The molecule has 1 fully saturated rings. The van der Waals surface area contributed by atoms with Crippen molar-refractivity contribution in [2.75, 3.05) is 13.1 Å². The molecule has 1 aromatic rings. The van der Waals surface area contributed by atoms with Crippen LogP contribution in [-0.4, -0.2) is 19.0 Å². The van der Waals surface area contributed by atoms with Crippen molar-refractivity contribution in [3.63, 3.8) is 0 Å². The highest BCUT2D eigenvalue weighted by Crippen LogP contribution is 2.30. The molecule has 1 amide bonds. The van der Waals surface area contributed by atoms with E-state index in [1.807, 2.05) is 24.3 Å². The van der Waals surface area contributed by atoms with E-state index < -0.39 is 0 Å². The van der Waals surface area contributed by atoms with Gasteiger partial charge >= 0.3 is 0 Å². The van der Waals surface area contributed by atoms with E-state index in [4.69, 9.17) is 5.73 Å². The quantitative estimate of drug-likeness (QED) is 0.854. The second-order valence-electron chi connectivity index (χ2n) is 5.57. The Bertz CT molecular complexity index is 431. The molecule has 1 aliphatic rings. The summed E-state index contributed by atoms with van der Waals surface area (Å²) in [6, 6.07) is 7.74. The van der Waals surface area contributed by atoms with Crippen LogP contribution in [0.1, 0.15) is 42.1 Å². The molecular weight excluding hydrogens is 236 g/mol. The van der Waals surface area contributed by atoms with Crippen LogP contribution < -0.4 is 11.1 Å². The molecule has 0 aliphatic heterocycles. The van der Waals surface area contributed by atoms with Gasteiger partial charge < -0.3 is 11.1 Å². The van der Waals surface area contributed by atoms with Crippen molar-refractivity contribution in [1.29, 1.82) is 0 Å². The predicted molar refractivity (Wildman–Crippen MR) is 78.0 cm³/mol. The van der Waals surface area contributed by atoms with E-state index >= 15 is 0 Å². The minimum atomic E-state index is 0.0446. The molecular formula is C16H24N2O. The predicted octanol–water partition coefficient (Wildman–Crippen LogP) is 2.35. The van der Waals surface area contributed by atoms with Crippen molar-refractivity contribution in [2.45, 2.75) is 32.6 Å². The summed E-state index contributed by atoms with van der Waals surface area (Å²) in [6.45, 7) is 3.66. The summed E-state index contributed by atoms with van der Waals surface area (Å²) in [5.41, 5.74) is 7.41. The molecule has 0 radical (unpaired) electrons. The molecule has 2 rings (SSSR count). The topological polar surface area (TPSA) is 55.1 Å². The number of carbonyl (C=O) groups excluding carboxylic acids is 1. The largest absolute Gasteiger partial charge is 0.352 e. The Balaban J connectivity index is 1.95. The minimum Gasteiger partial charge on any atom is -0.352 e. The first-order chi connectivity index (χ1) is 9.22. The average molecular weight is 260 g/mol. The summed E-state index contributed by atoms with van der Waals surface area (Å²) in [5, 5.41) is 3.09. The van der Waals surface area contributed by atoms with Gasteiger partial charge in [0.25, 0.3) is 5.91 Å². The fourth-order valence-corrected chi connectivity index (χ4v) is 2.96. The molecule has 3 heteroatoms. The normalized spacial score (nSPS) is 22.4. The van der Waals surface area contributed by atoms with Gasteiger partial charge in [0.2, 0.25) is 0 Å². The van der Waals surface area contributed by atoms with Crippen LogP contribution in [0.2, 0.25) is 0 Å². The fraction of sp³-hybridized carbons (Fsp3) is 0.562. The lowest BCUT2D eigenvalue weighted by atomic mass is 9.98. The molecule has 0 heterocycles. The summed E-state index contributed by atoms with van der Waals surface area (Å²) < 4.78 is 0. The Morgan fingerprint density at radius 3 is 2.84 bits per heavy atom. The molecule has 1 aromatic carbocycles. The molecule has 3 N–H and O–H groups in total. The fourth-order valence-electron chi connectivity index (χ4n) is 2.96. The number of hydrogen-bond acceptors (Lipinski definition) is 2. The summed E-state index contributed by atoms with van der Waals surface area (Å²) in [6.07, 6.45) is 4.59. The van der Waals surface area contributed by atoms with Gasteiger partial charge in [-0.1, -0.05) is 38.0 Å². The lowest BCUT2D eigenvalue weighted by molar-refractivity contribution is 0.0943. The second-order valence-corrected chi connectivity index (χ2v) is 5.57. The van der Waals surface area contributed by atoms with E-state index in [0.29, 0.717) is 12.5 Å². The molecule has 1 aliphatic carbocycles. The Morgan fingerprint density at radius 2 is 2.16 bits per heavy atom. The summed E-state index contributed by atoms with van der Waals surface area (Å²) >= 11 is 0. The highest BCUT2D eigenvalue weighted by Gasteiger charge is 2.23. The number of benzene rings is 1. The lowest BCUT2D eigenvalue weighted by Crippen LogP contribution is -2.31. The molecule has 0 bridgehead atoms. The Hall–Kier alpha value is -1.35. The third-order valence-corrected chi connectivity index (χ3v) is 4.24. The molecule has 2 unspecified atom stereocenters. The van der Waals surface area contributed by atoms with Gasteiger partial charge in [0.15, 0.2) is 0 Å².